The lowest BCUT2D eigenvalue weighted by Gasteiger charge is -2.02. The molecule has 0 aliphatic carbocycles. The number of hydrogen-bond acceptors (Lipinski definition) is 6. The van der Waals surface area contributed by atoms with Crippen LogP contribution in [0.15, 0.2) is 58.2 Å². The third-order valence-electron chi connectivity index (χ3n) is 3.40. The second-order valence-corrected chi connectivity index (χ2v) is 6.35. The van der Waals surface area contributed by atoms with Gasteiger partial charge in [0.25, 0.3) is 5.22 Å². The number of carbonyl (C=O) groups is 2. The maximum Gasteiger partial charge on any atom is 0.335 e. The topological polar surface area (TPSA) is 105 Å². The second-order valence-electron chi connectivity index (χ2n) is 5.43. The molecule has 1 heterocycles. The van der Waals surface area contributed by atoms with Crippen LogP contribution in [0.5, 0.6) is 0 Å². The smallest absolute Gasteiger partial charge is 0.335 e. The van der Waals surface area contributed by atoms with Gasteiger partial charge in [-0.3, -0.25) is 4.79 Å². The van der Waals surface area contributed by atoms with Crippen LogP contribution in [0.2, 0.25) is 0 Å². The van der Waals surface area contributed by atoms with Gasteiger partial charge < -0.3 is 14.8 Å². The first-order chi connectivity index (χ1) is 12.5. The minimum atomic E-state index is -0.952. The van der Waals surface area contributed by atoms with Gasteiger partial charge in [0.2, 0.25) is 11.8 Å². The molecule has 2 aromatic carbocycles. The van der Waals surface area contributed by atoms with E-state index in [0.717, 1.165) is 5.56 Å². The van der Waals surface area contributed by atoms with Crippen molar-refractivity contribution in [3.8, 4) is 11.5 Å². The maximum atomic E-state index is 11.1. The molecule has 0 radical (unpaired) electrons. The highest BCUT2D eigenvalue weighted by atomic mass is 32.2. The molecule has 2 N–H and O–H groups in total. The minimum Gasteiger partial charge on any atom is -0.478 e. The van der Waals surface area contributed by atoms with Gasteiger partial charge in [0.1, 0.15) is 0 Å². The Morgan fingerprint density at radius 3 is 2.62 bits per heavy atom. The van der Waals surface area contributed by atoms with Crippen molar-refractivity contribution < 1.29 is 19.1 Å². The predicted octanol–water partition coefficient (Wildman–Crippen LogP) is 3.69. The van der Waals surface area contributed by atoms with Crippen LogP contribution >= 0.6 is 11.8 Å². The molecule has 3 aromatic rings. The summed E-state index contributed by atoms with van der Waals surface area (Å²) >= 11 is 1.36. The highest BCUT2D eigenvalue weighted by Crippen LogP contribution is 2.27. The summed E-state index contributed by atoms with van der Waals surface area (Å²) in [5.41, 5.74) is 2.56. The molecule has 1 amide bonds. The molecule has 0 aliphatic rings. The standard InChI is InChI=1S/C18H15N3O4S/c1-11(22)19-15-4-2-3-14(9-15)16-20-21-18(25-16)26-10-12-5-7-13(8-6-12)17(23)24/h2-9H,10H2,1H3,(H,19,22)(H,23,24). The molecule has 1 aromatic heterocycles. The average molecular weight is 369 g/mol. The van der Waals surface area contributed by atoms with Gasteiger partial charge in [-0.25, -0.2) is 4.79 Å². The number of aromatic nitrogens is 2. The predicted molar refractivity (Wildman–Crippen MR) is 97.0 cm³/mol. The highest BCUT2D eigenvalue weighted by molar-refractivity contribution is 7.98. The number of thioether (sulfide) groups is 1. The summed E-state index contributed by atoms with van der Waals surface area (Å²) in [7, 11) is 0. The monoisotopic (exact) mass is 369 g/mol. The van der Waals surface area contributed by atoms with Crippen LogP contribution in [0.3, 0.4) is 0 Å². The first-order valence-corrected chi connectivity index (χ1v) is 8.66. The summed E-state index contributed by atoms with van der Waals surface area (Å²) in [5, 5.41) is 20.1. The number of nitrogens with zero attached hydrogens (tertiary/aromatic N) is 2. The van der Waals surface area contributed by atoms with E-state index in [-0.39, 0.29) is 11.5 Å². The Kier molecular flexibility index (Phi) is 5.33. The summed E-state index contributed by atoms with van der Waals surface area (Å²) < 4.78 is 5.65. The molecular formula is C18H15N3O4S. The third kappa shape index (κ3) is 4.48. The summed E-state index contributed by atoms with van der Waals surface area (Å²) in [6, 6.07) is 13.8. The Balaban J connectivity index is 1.66. The quantitative estimate of drug-likeness (QED) is 0.638. The minimum absolute atomic E-state index is 0.155. The maximum absolute atomic E-state index is 11.1. The van der Waals surface area contributed by atoms with E-state index in [9.17, 15) is 9.59 Å². The van der Waals surface area contributed by atoms with Crippen molar-refractivity contribution in [1.82, 2.24) is 10.2 Å². The highest BCUT2D eigenvalue weighted by Gasteiger charge is 2.10. The fraction of sp³-hybridized carbons (Fsp3) is 0.111. The third-order valence-corrected chi connectivity index (χ3v) is 4.29. The van der Waals surface area contributed by atoms with Gasteiger partial charge >= 0.3 is 5.97 Å². The number of aromatic carboxylic acids is 1. The lowest BCUT2D eigenvalue weighted by molar-refractivity contribution is -0.114. The van der Waals surface area contributed by atoms with Gasteiger partial charge in [0.05, 0.1) is 5.56 Å². The number of benzene rings is 2. The summed E-state index contributed by atoms with van der Waals surface area (Å²) in [6.45, 7) is 1.44. The number of carbonyl (C=O) groups excluding carboxylic acids is 1. The fourth-order valence-corrected chi connectivity index (χ4v) is 2.93. The van der Waals surface area contributed by atoms with Crippen LogP contribution in [-0.4, -0.2) is 27.2 Å². The van der Waals surface area contributed by atoms with Gasteiger partial charge in [0.15, 0.2) is 0 Å². The summed E-state index contributed by atoms with van der Waals surface area (Å²) in [4.78, 5) is 22.0. The summed E-state index contributed by atoms with van der Waals surface area (Å²) in [5.74, 6) is -0.168. The van der Waals surface area contributed by atoms with E-state index < -0.39 is 5.97 Å². The van der Waals surface area contributed by atoms with E-state index in [0.29, 0.717) is 28.1 Å². The first kappa shape index (κ1) is 17.7. The van der Waals surface area contributed by atoms with Gasteiger partial charge in [-0.1, -0.05) is 30.0 Å². The van der Waals surface area contributed by atoms with Crippen molar-refractivity contribution in [3.05, 3.63) is 59.7 Å². The molecule has 0 spiro atoms. The molecule has 26 heavy (non-hydrogen) atoms. The molecule has 132 valence electrons. The van der Waals surface area contributed by atoms with Crippen molar-refractivity contribution in [2.24, 2.45) is 0 Å². The molecule has 0 bridgehead atoms. The number of rotatable bonds is 6. The molecular weight excluding hydrogens is 354 g/mol. The molecule has 0 fully saturated rings. The number of nitrogens with one attached hydrogen (secondary N) is 1. The Bertz CT molecular complexity index is 938. The number of hydrogen-bond donors (Lipinski definition) is 2. The van der Waals surface area contributed by atoms with Crippen LogP contribution in [-0.2, 0) is 10.5 Å². The molecule has 0 saturated carbocycles. The first-order valence-electron chi connectivity index (χ1n) is 7.68. The molecule has 8 heteroatoms. The van der Waals surface area contributed by atoms with E-state index >= 15 is 0 Å². The van der Waals surface area contributed by atoms with Gasteiger partial charge in [-0.05, 0) is 35.9 Å². The van der Waals surface area contributed by atoms with Crippen molar-refractivity contribution in [3.63, 3.8) is 0 Å². The summed E-state index contributed by atoms with van der Waals surface area (Å²) in [6.07, 6.45) is 0. The molecule has 0 aliphatic heterocycles. The Morgan fingerprint density at radius 2 is 1.92 bits per heavy atom. The molecule has 0 saturated heterocycles. The van der Waals surface area contributed by atoms with Crippen LogP contribution < -0.4 is 5.32 Å². The normalized spacial score (nSPS) is 10.5. The lowest BCUT2D eigenvalue weighted by Crippen LogP contribution is -2.05. The van der Waals surface area contributed by atoms with E-state index in [1.807, 2.05) is 6.07 Å². The molecule has 0 atom stereocenters. The zero-order valence-electron chi connectivity index (χ0n) is 13.8. The number of carboxylic acids is 1. The lowest BCUT2D eigenvalue weighted by atomic mass is 10.1. The van der Waals surface area contributed by atoms with E-state index in [1.54, 1.807) is 42.5 Å². The van der Waals surface area contributed by atoms with Crippen molar-refractivity contribution in [2.75, 3.05) is 5.32 Å². The average Bonchev–Trinajstić information content (AvgIpc) is 3.09. The zero-order valence-corrected chi connectivity index (χ0v) is 14.6. The SMILES string of the molecule is CC(=O)Nc1cccc(-c2nnc(SCc3ccc(C(=O)O)cc3)o2)c1. The largest absolute Gasteiger partial charge is 0.478 e. The van der Waals surface area contributed by atoms with Crippen molar-refractivity contribution >= 4 is 29.3 Å². The van der Waals surface area contributed by atoms with E-state index in [2.05, 4.69) is 15.5 Å². The zero-order chi connectivity index (χ0) is 18.5. The van der Waals surface area contributed by atoms with Crippen LogP contribution in [0.25, 0.3) is 11.5 Å². The fourth-order valence-electron chi connectivity index (χ4n) is 2.21. The van der Waals surface area contributed by atoms with Crippen LogP contribution in [0, 0.1) is 0 Å². The van der Waals surface area contributed by atoms with Crippen LogP contribution in [0.1, 0.15) is 22.8 Å². The second kappa shape index (κ2) is 7.83. The van der Waals surface area contributed by atoms with Gasteiger partial charge in [-0.15, -0.1) is 10.2 Å². The Hall–Kier alpha value is -3.13. The number of amides is 1. The van der Waals surface area contributed by atoms with Crippen molar-refractivity contribution in [1.29, 1.82) is 0 Å². The Labute approximate surface area is 153 Å². The molecule has 0 unspecified atom stereocenters. The number of anilines is 1. The van der Waals surface area contributed by atoms with Crippen LogP contribution in [0.4, 0.5) is 5.69 Å². The van der Waals surface area contributed by atoms with E-state index in [1.165, 1.54) is 18.7 Å². The Morgan fingerprint density at radius 1 is 1.15 bits per heavy atom. The van der Waals surface area contributed by atoms with Crippen molar-refractivity contribution in [2.45, 2.75) is 17.9 Å². The number of carboxylic acid groups (broad SMARTS) is 1. The molecule has 7 nitrogen and oxygen atoms in total. The van der Waals surface area contributed by atoms with Gasteiger partial charge in [-0.2, -0.15) is 0 Å². The van der Waals surface area contributed by atoms with Gasteiger partial charge in [0, 0.05) is 23.9 Å². The molecule has 3 rings (SSSR count). The van der Waals surface area contributed by atoms with E-state index in [4.69, 9.17) is 9.52 Å².